The number of thiazole rings is 1. The summed E-state index contributed by atoms with van der Waals surface area (Å²) in [6, 6.07) is 3.37. The standard InChI is InChI=1S/C19H24ClN3O3S/c1-13(2)12-26-17-15(20)10-14(11-16(17)25-3)18(24)22-5-7-23(8-6-22)19-21-4-9-27-19/h4,9-11,13H,5-8,12H2,1-3H3. The first-order valence-corrected chi connectivity index (χ1v) is 10.2. The van der Waals surface area contributed by atoms with E-state index in [2.05, 4.69) is 23.7 Å². The van der Waals surface area contributed by atoms with E-state index in [1.807, 2.05) is 10.3 Å². The average molecular weight is 410 g/mol. The summed E-state index contributed by atoms with van der Waals surface area (Å²) in [7, 11) is 1.55. The third-order valence-electron chi connectivity index (χ3n) is 4.29. The number of ether oxygens (including phenoxy) is 2. The Morgan fingerprint density at radius 1 is 1.30 bits per heavy atom. The summed E-state index contributed by atoms with van der Waals surface area (Å²) in [5, 5.41) is 3.35. The van der Waals surface area contributed by atoms with Crippen molar-refractivity contribution >= 4 is 34.0 Å². The number of halogens is 1. The molecule has 0 aliphatic carbocycles. The first-order chi connectivity index (χ1) is 13.0. The van der Waals surface area contributed by atoms with Gasteiger partial charge >= 0.3 is 0 Å². The molecule has 1 aromatic heterocycles. The van der Waals surface area contributed by atoms with Gasteiger partial charge in [0.15, 0.2) is 16.6 Å². The molecule has 1 saturated heterocycles. The van der Waals surface area contributed by atoms with E-state index >= 15 is 0 Å². The van der Waals surface area contributed by atoms with Gasteiger partial charge in [0.1, 0.15) is 0 Å². The van der Waals surface area contributed by atoms with Crippen LogP contribution >= 0.6 is 22.9 Å². The summed E-state index contributed by atoms with van der Waals surface area (Å²) in [6.45, 7) is 7.46. The number of carbonyl (C=O) groups is 1. The predicted molar refractivity (Wildman–Crippen MR) is 109 cm³/mol. The number of carbonyl (C=O) groups excluding carboxylic acids is 1. The average Bonchev–Trinajstić information content (AvgIpc) is 3.20. The summed E-state index contributed by atoms with van der Waals surface area (Å²) in [6.07, 6.45) is 1.80. The second-order valence-electron chi connectivity index (χ2n) is 6.79. The van der Waals surface area contributed by atoms with Gasteiger partial charge in [0.25, 0.3) is 5.91 Å². The number of rotatable bonds is 6. The van der Waals surface area contributed by atoms with Crippen molar-refractivity contribution in [3.8, 4) is 11.5 Å². The lowest BCUT2D eigenvalue weighted by molar-refractivity contribution is 0.0746. The molecule has 1 amide bonds. The molecule has 1 aliphatic rings. The molecule has 1 fully saturated rings. The van der Waals surface area contributed by atoms with Crippen LogP contribution in [0.3, 0.4) is 0 Å². The monoisotopic (exact) mass is 409 g/mol. The van der Waals surface area contributed by atoms with Crippen molar-refractivity contribution in [2.75, 3.05) is 44.8 Å². The first-order valence-electron chi connectivity index (χ1n) is 8.93. The lowest BCUT2D eigenvalue weighted by atomic mass is 10.1. The van der Waals surface area contributed by atoms with Crippen molar-refractivity contribution in [3.63, 3.8) is 0 Å². The summed E-state index contributed by atoms with van der Waals surface area (Å²) in [4.78, 5) is 21.3. The van der Waals surface area contributed by atoms with Gasteiger partial charge in [-0.2, -0.15) is 0 Å². The van der Waals surface area contributed by atoms with E-state index in [9.17, 15) is 4.79 Å². The Morgan fingerprint density at radius 3 is 2.63 bits per heavy atom. The molecule has 146 valence electrons. The van der Waals surface area contributed by atoms with E-state index < -0.39 is 0 Å². The zero-order valence-corrected chi connectivity index (χ0v) is 17.3. The molecule has 0 spiro atoms. The largest absolute Gasteiger partial charge is 0.493 e. The highest BCUT2D eigenvalue weighted by Gasteiger charge is 2.25. The molecule has 27 heavy (non-hydrogen) atoms. The fourth-order valence-electron chi connectivity index (χ4n) is 2.89. The maximum absolute atomic E-state index is 12.9. The Labute approximate surface area is 168 Å². The van der Waals surface area contributed by atoms with Crippen LogP contribution in [0.15, 0.2) is 23.7 Å². The van der Waals surface area contributed by atoms with E-state index in [4.69, 9.17) is 21.1 Å². The maximum atomic E-state index is 12.9. The van der Waals surface area contributed by atoms with Gasteiger partial charge in [-0.1, -0.05) is 25.4 Å². The van der Waals surface area contributed by atoms with Crippen LogP contribution in [-0.4, -0.2) is 55.7 Å². The zero-order chi connectivity index (χ0) is 19.4. The van der Waals surface area contributed by atoms with E-state index in [0.717, 1.165) is 18.2 Å². The molecule has 0 unspecified atom stereocenters. The van der Waals surface area contributed by atoms with Crippen LogP contribution < -0.4 is 14.4 Å². The van der Waals surface area contributed by atoms with Crippen LogP contribution in [0, 0.1) is 5.92 Å². The van der Waals surface area contributed by atoms with Gasteiger partial charge in [0.05, 0.1) is 18.7 Å². The smallest absolute Gasteiger partial charge is 0.254 e. The Morgan fingerprint density at radius 2 is 2.04 bits per heavy atom. The lowest BCUT2D eigenvalue weighted by Crippen LogP contribution is -2.48. The van der Waals surface area contributed by atoms with Gasteiger partial charge in [-0.25, -0.2) is 4.98 Å². The van der Waals surface area contributed by atoms with Gasteiger partial charge in [0, 0.05) is 43.3 Å². The summed E-state index contributed by atoms with van der Waals surface area (Å²) in [5.74, 6) is 1.27. The molecule has 0 atom stereocenters. The molecule has 2 heterocycles. The second-order valence-corrected chi connectivity index (χ2v) is 8.07. The molecule has 1 aliphatic heterocycles. The molecular formula is C19H24ClN3O3S. The molecule has 0 N–H and O–H groups in total. The van der Waals surface area contributed by atoms with Crippen LogP contribution in [0.1, 0.15) is 24.2 Å². The minimum Gasteiger partial charge on any atom is -0.493 e. The van der Waals surface area contributed by atoms with Crippen LogP contribution in [0.2, 0.25) is 5.02 Å². The Hall–Kier alpha value is -1.99. The van der Waals surface area contributed by atoms with Crippen molar-refractivity contribution in [1.82, 2.24) is 9.88 Å². The molecule has 2 aromatic rings. The fraction of sp³-hybridized carbons (Fsp3) is 0.474. The number of hydrogen-bond acceptors (Lipinski definition) is 6. The highest BCUT2D eigenvalue weighted by Crippen LogP contribution is 2.37. The minimum absolute atomic E-state index is 0.0515. The fourth-order valence-corrected chi connectivity index (χ4v) is 3.85. The molecule has 0 saturated carbocycles. The van der Waals surface area contributed by atoms with Gasteiger partial charge in [0.2, 0.25) is 0 Å². The Bertz CT molecular complexity index is 775. The van der Waals surface area contributed by atoms with Crippen molar-refractivity contribution in [1.29, 1.82) is 0 Å². The second kappa shape index (κ2) is 8.80. The molecule has 0 bridgehead atoms. The zero-order valence-electron chi connectivity index (χ0n) is 15.8. The van der Waals surface area contributed by atoms with Crippen molar-refractivity contribution < 1.29 is 14.3 Å². The summed E-state index contributed by atoms with van der Waals surface area (Å²) < 4.78 is 11.2. The van der Waals surface area contributed by atoms with E-state index in [1.165, 1.54) is 0 Å². The number of nitrogens with zero attached hydrogens (tertiary/aromatic N) is 3. The van der Waals surface area contributed by atoms with E-state index in [-0.39, 0.29) is 5.91 Å². The highest BCUT2D eigenvalue weighted by atomic mass is 35.5. The first kappa shape index (κ1) is 19.8. The number of hydrogen-bond donors (Lipinski definition) is 0. The summed E-state index contributed by atoms with van der Waals surface area (Å²) in [5.41, 5.74) is 0.511. The van der Waals surface area contributed by atoms with Crippen LogP contribution in [0.5, 0.6) is 11.5 Å². The quantitative estimate of drug-likeness (QED) is 0.726. The number of methoxy groups -OCH3 is 1. The lowest BCUT2D eigenvalue weighted by Gasteiger charge is -2.34. The van der Waals surface area contributed by atoms with Crippen molar-refractivity contribution in [2.45, 2.75) is 13.8 Å². The highest BCUT2D eigenvalue weighted by molar-refractivity contribution is 7.13. The Balaban J connectivity index is 1.70. The molecule has 1 aromatic carbocycles. The number of amides is 1. The molecular weight excluding hydrogens is 386 g/mol. The molecule has 6 nitrogen and oxygen atoms in total. The number of aromatic nitrogens is 1. The molecule has 0 radical (unpaired) electrons. The van der Waals surface area contributed by atoms with E-state index in [1.54, 1.807) is 36.8 Å². The van der Waals surface area contributed by atoms with Gasteiger partial charge in [-0.15, -0.1) is 11.3 Å². The molecule has 8 heteroatoms. The number of anilines is 1. The predicted octanol–water partition coefficient (Wildman–Crippen LogP) is 3.80. The number of piperazine rings is 1. The normalized spacial score (nSPS) is 14.6. The molecule has 3 rings (SSSR count). The maximum Gasteiger partial charge on any atom is 0.254 e. The van der Waals surface area contributed by atoms with E-state index in [0.29, 0.717) is 47.7 Å². The minimum atomic E-state index is -0.0515. The third kappa shape index (κ3) is 4.65. The van der Waals surface area contributed by atoms with Crippen LogP contribution in [-0.2, 0) is 0 Å². The SMILES string of the molecule is COc1cc(C(=O)N2CCN(c3nccs3)CC2)cc(Cl)c1OCC(C)C. The third-order valence-corrected chi connectivity index (χ3v) is 5.41. The Kier molecular flexibility index (Phi) is 6.44. The van der Waals surface area contributed by atoms with Crippen LogP contribution in [0.25, 0.3) is 0 Å². The van der Waals surface area contributed by atoms with Crippen LogP contribution in [0.4, 0.5) is 5.13 Å². The van der Waals surface area contributed by atoms with Gasteiger partial charge in [-0.05, 0) is 18.1 Å². The van der Waals surface area contributed by atoms with Crippen molar-refractivity contribution in [3.05, 3.63) is 34.3 Å². The van der Waals surface area contributed by atoms with Gasteiger partial charge in [-0.3, -0.25) is 4.79 Å². The van der Waals surface area contributed by atoms with Crippen molar-refractivity contribution in [2.24, 2.45) is 5.92 Å². The number of benzene rings is 1. The topological polar surface area (TPSA) is 54.9 Å². The summed E-state index contributed by atoms with van der Waals surface area (Å²) >= 11 is 7.99. The van der Waals surface area contributed by atoms with Gasteiger partial charge < -0.3 is 19.3 Å².